The van der Waals surface area contributed by atoms with E-state index in [9.17, 15) is 0 Å². The largest absolute Gasteiger partial charge is 0.493 e. The minimum absolute atomic E-state index is 0.361. The van der Waals surface area contributed by atoms with Crippen molar-refractivity contribution in [3.63, 3.8) is 0 Å². The zero-order valence-corrected chi connectivity index (χ0v) is 10.2. The Balaban J connectivity index is 2.77. The van der Waals surface area contributed by atoms with Crippen molar-refractivity contribution in [3.8, 4) is 5.75 Å². The van der Waals surface area contributed by atoms with Gasteiger partial charge in [-0.1, -0.05) is 31.2 Å². The normalized spacial score (nSPS) is 12.1. The molecular formula is C14H21NO. The lowest BCUT2D eigenvalue weighted by Gasteiger charge is -2.18. The highest BCUT2D eigenvalue weighted by Gasteiger charge is 2.11. The number of ether oxygens (including phenoxy) is 1. The quantitative estimate of drug-likeness (QED) is 0.561. The van der Waals surface area contributed by atoms with Crippen LogP contribution in [0.25, 0.3) is 0 Å². The Morgan fingerprint density at radius 3 is 2.81 bits per heavy atom. The summed E-state index contributed by atoms with van der Waals surface area (Å²) in [7, 11) is 1.98. The zero-order valence-electron chi connectivity index (χ0n) is 10.2. The molecule has 0 aliphatic heterocycles. The van der Waals surface area contributed by atoms with Gasteiger partial charge in [-0.2, -0.15) is 0 Å². The Morgan fingerprint density at radius 1 is 1.44 bits per heavy atom. The van der Waals surface area contributed by atoms with Crippen molar-refractivity contribution in [1.82, 2.24) is 5.32 Å². The van der Waals surface area contributed by atoms with Gasteiger partial charge in [0.15, 0.2) is 0 Å². The Labute approximate surface area is 98.3 Å². The van der Waals surface area contributed by atoms with E-state index in [1.54, 1.807) is 0 Å². The molecule has 0 bridgehead atoms. The van der Waals surface area contributed by atoms with Crippen molar-refractivity contribution in [3.05, 3.63) is 42.5 Å². The van der Waals surface area contributed by atoms with Gasteiger partial charge in [-0.05, 0) is 26.0 Å². The third-order valence-corrected chi connectivity index (χ3v) is 2.63. The fraction of sp³-hybridized carbons (Fsp3) is 0.429. The molecular weight excluding hydrogens is 198 g/mol. The minimum atomic E-state index is 0.361. The van der Waals surface area contributed by atoms with E-state index in [-0.39, 0.29) is 0 Å². The third kappa shape index (κ3) is 3.38. The first-order valence-corrected chi connectivity index (χ1v) is 5.83. The second-order valence-corrected chi connectivity index (χ2v) is 3.71. The number of nitrogens with one attached hydrogen (secondary N) is 1. The van der Waals surface area contributed by atoms with Crippen LogP contribution in [0, 0.1) is 0 Å². The standard InChI is InChI=1S/C14H21NO/c1-4-6-11-16-14-10-8-7-9-12(14)13(5-2)15-3/h4,7-10,13,15H,1,5-6,11H2,2-3H3. The lowest BCUT2D eigenvalue weighted by molar-refractivity contribution is 0.317. The lowest BCUT2D eigenvalue weighted by Crippen LogP contribution is -2.16. The van der Waals surface area contributed by atoms with E-state index in [1.807, 2.05) is 25.3 Å². The molecule has 1 unspecified atom stereocenters. The van der Waals surface area contributed by atoms with E-state index in [4.69, 9.17) is 4.74 Å². The first-order chi connectivity index (χ1) is 7.83. The smallest absolute Gasteiger partial charge is 0.124 e. The van der Waals surface area contributed by atoms with Gasteiger partial charge >= 0.3 is 0 Å². The van der Waals surface area contributed by atoms with Crippen molar-refractivity contribution in [1.29, 1.82) is 0 Å². The number of rotatable bonds is 7. The average Bonchev–Trinajstić information content (AvgIpc) is 2.33. The predicted octanol–water partition coefficient (Wildman–Crippen LogP) is 3.31. The van der Waals surface area contributed by atoms with Crippen molar-refractivity contribution in [2.24, 2.45) is 0 Å². The first kappa shape index (κ1) is 12.8. The van der Waals surface area contributed by atoms with Gasteiger partial charge in [-0.25, -0.2) is 0 Å². The molecule has 0 radical (unpaired) electrons. The summed E-state index contributed by atoms with van der Waals surface area (Å²) >= 11 is 0. The summed E-state index contributed by atoms with van der Waals surface area (Å²) in [6, 6.07) is 8.57. The van der Waals surface area contributed by atoms with Crippen LogP contribution in [0.15, 0.2) is 36.9 Å². The molecule has 0 saturated carbocycles. The van der Waals surface area contributed by atoms with Crippen LogP contribution in [0.4, 0.5) is 0 Å². The van der Waals surface area contributed by atoms with Crippen molar-refractivity contribution >= 4 is 0 Å². The van der Waals surface area contributed by atoms with Gasteiger partial charge in [-0.15, -0.1) is 6.58 Å². The summed E-state index contributed by atoms with van der Waals surface area (Å²) < 4.78 is 5.75. The van der Waals surface area contributed by atoms with Crippen molar-refractivity contribution in [2.75, 3.05) is 13.7 Å². The zero-order chi connectivity index (χ0) is 11.8. The Morgan fingerprint density at radius 2 is 2.19 bits per heavy atom. The van der Waals surface area contributed by atoms with E-state index in [2.05, 4.69) is 31.0 Å². The molecule has 0 aliphatic rings. The highest BCUT2D eigenvalue weighted by molar-refractivity contribution is 5.35. The van der Waals surface area contributed by atoms with E-state index in [0.29, 0.717) is 12.6 Å². The molecule has 2 heteroatoms. The summed E-state index contributed by atoms with van der Waals surface area (Å²) in [4.78, 5) is 0. The summed E-state index contributed by atoms with van der Waals surface area (Å²) in [6.45, 7) is 6.55. The molecule has 1 aromatic rings. The van der Waals surface area contributed by atoms with E-state index >= 15 is 0 Å². The molecule has 88 valence electrons. The molecule has 0 aromatic heterocycles. The molecule has 0 fully saturated rings. The van der Waals surface area contributed by atoms with Gasteiger partial charge in [0.05, 0.1) is 6.61 Å². The summed E-state index contributed by atoms with van der Waals surface area (Å²) in [5, 5.41) is 3.30. The SMILES string of the molecule is C=CCCOc1ccccc1C(CC)NC. The van der Waals surface area contributed by atoms with Crippen LogP contribution in [-0.4, -0.2) is 13.7 Å². The van der Waals surface area contributed by atoms with Crippen LogP contribution < -0.4 is 10.1 Å². The van der Waals surface area contributed by atoms with Crippen molar-refractivity contribution < 1.29 is 4.74 Å². The van der Waals surface area contributed by atoms with Gasteiger partial charge in [-0.3, -0.25) is 0 Å². The molecule has 1 atom stereocenters. The van der Waals surface area contributed by atoms with Crippen LogP contribution in [-0.2, 0) is 0 Å². The molecule has 1 aromatic carbocycles. The van der Waals surface area contributed by atoms with Gasteiger partial charge in [0.1, 0.15) is 5.75 Å². The highest BCUT2D eigenvalue weighted by Crippen LogP contribution is 2.26. The summed E-state index contributed by atoms with van der Waals surface area (Å²) in [5.74, 6) is 0.977. The Bertz CT molecular complexity index is 318. The van der Waals surface area contributed by atoms with Gasteiger partial charge in [0.25, 0.3) is 0 Å². The van der Waals surface area contributed by atoms with Crippen LogP contribution >= 0.6 is 0 Å². The molecule has 0 heterocycles. The van der Waals surface area contributed by atoms with E-state index < -0.39 is 0 Å². The maximum absolute atomic E-state index is 5.75. The molecule has 16 heavy (non-hydrogen) atoms. The average molecular weight is 219 g/mol. The highest BCUT2D eigenvalue weighted by atomic mass is 16.5. The van der Waals surface area contributed by atoms with E-state index in [0.717, 1.165) is 18.6 Å². The van der Waals surface area contributed by atoms with Gasteiger partial charge in [0.2, 0.25) is 0 Å². The number of hydrogen-bond acceptors (Lipinski definition) is 2. The molecule has 0 saturated heterocycles. The van der Waals surface area contributed by atoms with Gasteiger partial charge < -0.3 is 10.1 Å². The maximum atomic E-state index is 5.75. The molecule has 1 rings (SSSR count). The predicted molar refractivity (Wildman–Crippen MR) is 68.8 cm³/mol. The minimum Gasteiger partial charge on any atom is -0.493 e. The fourth-order valence-electron chi connectivity index (χ4n) is 1.73. The Hall–Kier alpha value is -1.28. The van der Waals surface area contributed by atoms with Crippen LogP contribution in [0.1, 0.15) is 31.4 Å². The van der Waals surface area contributed by atoms with Crippen molar-refractivity contribution in [2.45, 2.75) is 25.8 Å². The second kappa shape index (κ2) is 7.07. The van der Waals surface area contributed by atoms with Crippen LogP contribution in [0.5, 0.6) is 5.75 Å². The summed E-state index contributed by atoms with van der Waals surface area (Å²) in [5.41, 5.74) is 1.23. The molecule has 1 N–H and O–H groups in total. The lowest BCUT2D eigenvalue weighted by atomic mass is 10.0. The van der Waals surface area contributed by atoms with Crippen LogP contribution in [0.2, 0.25) is 0 Å². The summed E-state index contributed by atoms with van der Waals surface area (Å²) in [6.07, 6.45) is 3.81. The molecule has 0 amide bonds. The number of para-hydroxylation sites is 1. The molecule has 0 spiro atoms. The van der Waals surface area contributed by atoms with Crippen LogP contribution in [0.3, 0.4) is 0 Å². The monoisotopic (exact) mass is 219 g/mol. The molecule has 2 nitrogen and oxygen atoms in total. The number of benzene rings is 1. The topological polar surface area (TPSA) is 21.3 Å². The third-order valence-electron chi connectivity index (χ3n) is 2.63. The maximum Gasteiger partial charge on any atom is 0.124 e. The second-order valence-electron chi connectivity index (χ2n) is 3.71. The number of hydrogen-bond donors (Lipinski definition) is 1. The fourth-order valence-corrected chi connectivity index (χ4v) is 1.73. The molecule has 0 aliphatic carbocycles. The Kier molecular flexibility index (Phi) is 5.65. The van der Waals surface area contributed by atoms with Gasteiger partial charge in [0, 0.05) is 11.6 Å². The van der Waals surface area contributed by atoms with E-state index in [1.165, 1.54) is 5.56 Å². The first-order valence-electron chi connectivity index (χ1n) is 5.83.